The molecule has 0 spiro atoms. The molecule has 0 bridgehead atoms. The predicted molar refractivity (Wildman–Crippen MR) is 80.9 cm³/mol. The van der Waals surface area contributed by atoms with Gasteiger partial charge in [-0.3, -0.25) is 4.90 Å². The highest BCUT2D eigenvalue weighted by atomic mass is 16.6. The predicted octanol–water partition coefficient (Wildman–Crippen LogP) is 3.22. The van der Waals surface area contributed by atoms with Crippen LogP contribution in [0.3, 0.4) is 0 Å². The molecule has 0 radical (unpaired) electrons. The van der Waals surface area contributed by atoms with Crippen LogP contribution in [0.1, 0.15) is 53.9 Å². The van der Waals surface area contributed by atoms with Crippen molar-refractivity contribution in [1.82, 2.24) is 4.90 Å². The van der Waals surface area contributed by atoms with E-state index in [0.29, 0.717) is 12.5 Å². The van der Waals surface area contributed by atoms with E-state index in [0.717, 1.165) is 19.3 Å². The molecule has 2 atom stereocenters. The van der Waals surface area contributed by atoms with Crippen LogP contribution >= 0.6 is 0 Å². The molecule has 1 rings (SSSR count). The third-order valence-corrected chi connectivity index (χ3v) is 3.60. The Morgan fingerprint density at radius 1 is 1.29 bits per heavy atom. The van der Waals surface area contributed by atoms with Gasteiger partial charge in [-0.1, -0.05) is 13.8 Å². The highest BCUT2D eigenvalue weighted by molar-refractivity contribution is 5.82. The van der Waals surface area contributed by atoms with Gasteiger partial charge >= 0.3 is 12.1 Å². The maximum atomic E-state index is 12.4. The Kier molecular flexibility index (Phi) is 6.05. The first-order valence-corrected chi connectivity index (χ1v) is 7.73. The number of carbonyl (C=O) groups excluding carboxylic acids is 2. The molecule has 1 aliphatic heterocycles. The van der Waals surface area contributed by atoms with Crippen molar-refractivity contribution >= 4 is 12.1 Å². The van der Waals surface area contributed by atoms with Gasteiger partial charge in [0.1, 0.15) is 11.6 Å². The van der Waals surface area contributed by atoms with Crippen LogP contribution in [0, 0.1) is 11.8 Å². The van der Waals surface area contributed by atoms with Crippen LogP contribution < -0.4 is 0 Å². The third-order valence-electron chi connectivity index (χ3n) is 3.60. The van der Waals surface area contributed by atoms with E-state index in [1.165, 1.54) is 7.11 Å². The summed E-state index contributed by atoms with van der Waals surface area (Å²) >= 11 is 0. The first-order valence-electron chi connectivity index (χ1n) is 7.73. The summed E-state index contributed by atoms with van der Waals surface area (Å²) in [5.74, 6) is 0.269. The molecule has 122 valence electrons. The second-order valence-electron chi connectivity index (χ2n) is 7.17. The Morgan fingerprint density at radius 2 is 1.90 bits per heavy atom. The molecule has 0 aromatic rings. The smallest absolute Gasteiger partial charge is 0.411 e. The van der Waals surface area contributed by atoms with E-state index >= 15 is 0 Å². The summed E-state index contributed by atoms with van der Waals surface area (Å²) in [6, 6.07) is -0.527. The number of carbonyl (C=O) groups is 2. The van der Waals surface area contributed by atoms with Crippen LogP contribution in [0.2, 0.25) is 0 Å². The Labute approximate surface area is 128 Å². The van der Waals surface area contributed by atoms with E-state index < -0.39 is 17.7 Å². The Bertz CT molecular complexity index is 373. The van der Waals surface area contributed by atoms with Crippen LogP contribution in [0.4, 0.5) is 4.79 Å². The molecule has 1 heterocycles. The SMILES string of the molecule is COC(=O)C1C(CC(C)C)CCCN1C(=O)OC(C)(C)C. The molecule has 1 amide bonds. The van der Waals surface area contributed by atoms with E-state index in [1.807, 2.05) is 20.8 Å². The summed E-state index contributed by atoms with van der Waals surface area (Å²) in [7, 11) is 1.37. The molecule has 1 fully saturated rings. The van der Waals surface area contributed by atoms with Crippen molar-refractivity contribution in [1.29, 1.82) is 0 Å². The highest BCUT2D eigenvalue weighted by Crippen LogP contribution is 2.31. The molecule has 0 aromatic carbocycles. The van der Waals surface area contributed by atoms with Crippen LogP contribution in [-0.4, -0.2) is 42.3 Å². The van der Waals surface area contributed by atoms with Gasteiger partial charge in [-0.05, 0) is 51.9 Å². The lowest BCUT2D eigenvalue weighted by Crippen LogP contribution is -2.54. The number of methoxy groups -OCH3 is 1. The first-order chi connectivity index (χ1) is 9.65. The number of nitrogens with zero attached hydrogens (tertiary/aromatic N) is 1. The standard InChI is InChI=1S/C16H29NO4/c1-11(2)10-12-8-7-9-17(13(12)14(18)20-6)15(19)21-16(3,4)5/h11-13H,7-10H2,1-6H3. The van der Waals surface area contributed by atoms with Gasteiger partial charge in [0.05, 0.1) is 7.11 Å². The molecule has 0 aliphatic carbocycles. The highest BCUT2D eigenvalue weighted by Gasteiger charge is 2.41. The third kappa shape index (κ3) is 5.21. The Balaban J connectivity index is 2.93. The summed E-state index contributed by atoms with van der Waals surface area (Å²) in [5.41, 5.74) is -0.567. The zero-order chi connectivity index (χ0) is 16.2. The van der Waals surface area contributed by atoms with Crippen molar-refractivity contribution in [3.05, 3.63) is 0 Å². The summed E-state index contributed by atoms with van der Waals surface area (Å²) in [5, 5.41) is 0. The number of hydrogen-bond donors (Lipinski definition) is 0. The van der Waals surface area contributed by atoms with Gasteiger partial charge < -0.3 is 9.47 Å². The van der Waals surface area contributed by atoms with Crippen molar-refractivity contribution < 1.29 is 19.1 Å². The summed E-state index contributed by atoms with van der Waals surface area (Å²) in [4.78, 5) is 26.1. The molecule has 21 heavy (non-hydrogen) atoms. The zero-order valence-electron chi connectivity index (χ0n) is 14.1. The van der Waals surface area contributed by atoms with Gasteiger partial charge in [0, 0.05) is 6.54 Å². The molecule has 1 saturated heterocycles. The lowest BCUT2D eigenvalue weighted by atomic mass is 9.83. The minimum atomic E-state index is -0.567. The van der Waals surface area contributed by atoms with Gasteiger partial charge in [0.15, 0.2) is 0 Å². The van der Waals surface area contributed by atoms with Gasteiger partial charge in [-0.2, -0.15) is 0 Å². The van der Waals surface area contributed by atoms with Gasteiger partial charge in [-0.15, -0.1) is 0 Å². The van der Waals surface area contributed by atoms with Crippen LogP contribution in [0.25, 0.3) is 0 Å². The molecule has 2 unspecified atom stereocenters. The molecule has 0 saturated carbocycles. The molecular weight excluding hydrogens is 270 g/mol. The fraction of sp³-hybridized carbons (Fsp3) is 0.875. The molecule has 0 N–H and O–H groups in total. The molecular formula is C16H29NO4. The zero-order valence-corrected chi connectivity index (χ0v) is 14.1. The monoisotopic (exact) mass is 299 g/mol. The van der Waals surface area contributed by atoms with Gasteiger partial charge in [0.2, 0.25) is 0 Å². The number of rotatable bonds is 3. The largest absolute Gasteiger partial charge is 0.467 e. The molecule has 1 aliphatic rings. The Morgan fingerprint density at radius 3 is 2.38 bits per heavy atom. The van der Waals surface area contributed by atoms with Crippen LogP contribution in [-0.2, 0) is 14.3 Å². The van der Waals surface area contributed by atoms with Crippen molar-refractivity contribution in [2.24, 2.45) is 11.8 Å². The van der Waals surface area contributed by atoms with Crippen LogP contribution in [0.15, 0.2) is 0 Å². The number of hydrogen-bond acceptors (Lipinski definition) is 4. The van der Waals surface area contributed by atoms with Gasteiger partial charge in [0.25, 0.3) is 0 Å². The fourth-order valence-corrected chi connectivity index (χ4v) is 2.89. The lowest BCUT2D eigenvalue weighted by molar-refractivity contribution is -0.150. The molecule has 5 nitrogen and oxygen atoms in total. The van der Waals surface area contributed by atoms with Gasteiger partial charge in [-0.25, -0.2) is 9.59 Å². The number of ether oxygens (including phenoxy) is 2. The van der Waals surface area contributed by atoms with E-state index in [9.17, 15) is 9.59 Å². The lowest BCUT2D eigenvalue weighted by Gasteiger charge is -2.40. The molecule has 5 heteroatoms. The normalized spacial score (nSPS) is 23.1. The minimum absolute atomic E-state index is 0.138. The summed E-state index contributed by atoms with van der Waals surface area (Å²) in [6.45, 7) is 10.3. The van der Waals surface area contributed by atoms with Crippen molar-refractivity contribution in [2.45, 2.75) is 65.5 Å². The van der Waals surface area contributed by atoms with E-state index in [1.54, 1.807) is 4.90 Å². The van der Waals surface area contributed by atoms with Crippen molar-refractivity contribution in [3.63, 3.8) is 0 Å². The number of likely N-dealkylation sites (tertiary alicyclic amines) is 1. The maximum absolute atomic E-state index is 12.4. The molecule has 0 aromatic heterocycles. The summed E-state index contributed by atoms with van der Waals surface area (Å²) < 4.78 is 10.4. The van der Waals surface area contributed by atoms with Crippen LogP contribution in [0.5, 0.6) is 0 Å². The average molecular weight is 299 g/mol. The van der Waals surface area contributed by atoms with E-state index in [-0.39, 0.29) is 11.9 Å². The fourth-order valence-electron chi connectivity index (χ4n) is 2.89. The van der Waals surface area contributed by atoms with E-state index in [2.05, 4.69) is 13.8 Å². The first kappa shape index (κ1) is 17.8. The Hall–Kier alpha value is -1.26. The maximum Gasteiger partial charge on any atom is 0.411 e. The topological polar surface area (TPSA) is 55.8 Å². The quantitative estimate of drug-likeness (QED) is 0.751. The number of amides is 1. The second kappa shape index (κ2) is 7.14. The van der Waals surface area contributed by atoms with Crippen molar-refractivity contribution in [2.75, 3.05) is 13.7 Å². The second-order valence-corrected chi connectivity index (χ2v) is 7.17. The minimum Gasteiger partial charge on any atom is -0.467 e. The van der Waals surface area contributed by atoms with Crippen molar-refractivity contribution in [3.8, 4) is 0 Å². The van der Waals surface area contributed by atoms with E-state index in [4.69, 9.17) is 9.47 Å². The number of piperidine rings is 1. The summed E-state index contributed by atoms with van der Waals surface area (Å²) in [6.07, 6.45) is 2.31. The average Bonchev–Trinajstić information content (AvgIpc) is 2.34. The number of esters is 1.